The zero-order valence-electron chi connectivity index (χ0n) is 17.1. The number of amides is 1. The molecule has 0 saturated heterocycles. The first-order valence-electron chi connectivity index (χ1n) is 9.43. The predicted molar refractivity (Wildman–Crippen MR) is 116 cm³/mol. The minimum absolute atomic E-state index is 0.0627. The molecular weight excluding hydrogens is 440 g/mol. The van der Waals surface area contributed by atoms with Crippen LogP contribution in [-0.4, -0.2) is 46.0 Å². The summed E-state index contributed by atoms with van der Waals surface area (Å²) in [5, 5.41) is 5.01. The standard InChI is InChI=1S/C20H20N4O5S2/c1-4-12-11(3)31-17(15(12)20(27)28-5-2)24-14(25)9-29-19(26)13-10-30-18(23-13)16-21-7-6-8-22-16/h6-8,10H,4-5,9H2,1-3H3,(H,24,25). The fourth-order valence-corrected chi connectivity index (χ4v) is 4.64. The molecule has 3 rings (SSSR count). The van der Waals surface area contributed by atoms with Gasteiger partial charge >= 0.3 is 11.9 Å². The van der Waals surface area contributed by atoms with Crippen LogP contribution in [0.4, 0.5) is 5.00 Å². The van der Waals surface area contributed by atoms with Gasteiger partial charge in [0, 0.05) is 22.7 Å². The molecule has 3 heterocycles. The van der Waals surface area contributed by atoms with E-state index in [0.29, 0.717) is 27.8 Å². The number of thiophene rings is 1. The lowest BCUT2D eigenvalue weighted by atomic mass is 10.1. The van der Waals surface area contributed by atoms with Crippen molar-refractivity contribution in [3.05, 3.63) is 45.5 Å². The minimum Gasteiger partial charge on any atom is -0.462 e. The van der Waals surface area contributed by atoms with Gasteiger partial charge < -0.3 is 14.8 Å². The molecule has 162 valence electrons. The summed E-state index contributed by atoms with van der Waals surface area (Å²) < 4.78 is 10.2. The Labute approximate surface area is 186 Å². The van der Waals surface area contributed by atoms with Crippen molar-refractivity contribution in [2.75, 3.05) is 18.5 Å². The molecule has 0 fully saturated rings. The molecule has 3 aromatic heterocycles. The fraction of sp³-hybridized carbons (Fsp3) is 0.300. The van der Waals surface area contributed by atoms with Gasteiger partial charge in [0.2, 0.25) is 0 Å². The molecule has 0 aliphatic rings. The van der Waals surface area contributed by atoms with Crippen molar-refractivity contribution in [1.29, 1.82) is 0 Å². The number of hydrogen-bond acceptors (Lipinski definition) is 10. The van der Waals surface area contributed by atoms with E-state index < -0.39 is 24.5 Å². The summed E-state index contributed by atoms with van der Waals surface area (Å²) in [6, 6.07) is 1.68. The number of hydrogen-bond donors (Lipinski definition) is 1. The summed E-state index contributed by atoms with van der Waals surface area (Å²) in [5.41, 5.74) is 1.24. The van der Waals surface area contributed by atoms with Crippen molar-refractivity contribution in [3.63, 3.8) is 0 Å². The molecule has 0 bridgehead atoms. The number of carbonyl (C=O) groups excluding carboxylic acids is 3. The Morgan fingerprint density at radius 1 is 1.10 bits per heavy atom. The minimum atomic E-state index is -0.740. The molecule has 0 radical (unpaired) electrons. The number of anilines is 1. The smallest absolute Gasteiger partial charge is 0.358 e. The largest absolute Gasteiger partial charge is 0.462 e. The molecule has 3 aromatic rings. The topological polar surface area (TPSA) is 120 Å². The predicted octanol–water partition coefficient (Wildman–Crippen LogP) is 3.50. The Hall–Kier alpha value is -3.18. The molecule has 31 heavy (non-hydrogen) atoms. The summed E-state index contributed by atoms with van der Waals surface area (Å²) >= 11 is 2.48. The van der Waals surface area contributed by atoms with Crippen LogP contribution in [0.2, 0.25) is 0 Å². The zero-order valence-corrected chi connectivity index (χ0v) is 18.8. The van der Waals surface area contributed by atoms with Crippen LogP contribution in [0.3, 0.4) is 0 Å². The van der Waals surface area contributed by atoms with Crippen LogP contribution in [0.15, 0.2) is 23.8 Å². The van der Waals surface area contributed by atoms with Crippen molar-refractivity contribution in [3.8, 4) is 10.8 Å². The van der Waals surface area contributed by atoms with Crippen LogP contribution < -0.4 is 5.32 Å². The zero-order chi connectivity index (χ0) is 22.4. The van der Waals surface area contributed by atoms with Gasteiger partial charge in [-0.1, -0.05) is 6.92 Å². The third-order valence-corrected chi connectivity index (χ3v) is 6.00. The molecule has 0 aliphatic carbocycles. The summed E-state index contributed by atoms with van der Waals surface area (Å²) in [7, 11) is 0. The van der Waals surface area contributed by atoms with E-state index in [1.807, 2.05) is 13.8 Å². The van der Waals surface area contributed by atoms with Gasteiger partial charge in [0.25, 0.3) is 5.91 Å². The first-order valence-corrected chi connectivity index (χ1v) is 11.1. The quantitative estimate of drug-likeness (QED) is 0.507. The maximum absolute atomic E-state index is 12.3. The van der Waals surface area contributed by atoms with E-state index in [9.17, 15) is 14.4 Å². The second kappa shape index (κ2) is 10.2. The fourth-order valence-electron chi connectivity index (χ4n) is 2.76. The highest BCUT2D eigenvalue weighted by atomic mass is 32.1. The van der Waals surface area contributed by atoms with E-state index in [2.05, 4.69) is 20.3 Å². The van der Waals surface area contributed by atoms with Crippen molar-refractivity contribution >= 4 is 45.5 Å². The molecule has 1 N–H and O–H groups in total. The SMILES string of the molecule is CCOC(=O)c1c(NC(=O)COC(=O)c2csc(-c3ncccn3)n2)sc(C)c1CC. The van der Waals surface area contributed by atoms with Gasteiger partial charge in [0.1, 0.15) is 5.00 Å². The van der Waals surface area contributed by atoms with E-state index in [0.717, 1.165) is 10.4 Å². The lowest BCUT2D eigenvalue weighted by molar-refractivity contribution is -0.119. The number of esters is 2. The summed E-state index contributed by atoms with van der Waals surface area (Å²) in [6.45, 7) is 5.22. The number of ether oxygens (including phenoxy) is 2. The van der Waals surface area contributed by atoms with Crippen molar-refractivity contribution in [2.24, 2.45) is 0 Å². The summed E-state index contributed by atoms with van der Waals surface area (Å²) in [5.74, 6) is -1.40. The molecule has 0 atom stereocenters. The van der Waals surface area contributed by atoms with E-state index in [4.69, 9.17) is 9.47 Å². The second-order valence-corrected chi connectivity index (χ2v) is 8.23. The van der Waals surface area contributed by atoms with Gasteiger partial charge in [-0.15, -0.1) is 22.7 Å². The number of aromatic nitrogens is 3. The van der Waals surface area contributed by atoms with Gasteiger partial charge in [0.05, 0.1) is 12.2 Å². The lowest BCUT2D eigenvalue weighted by Crippen LogP contribution is -2.22. The summed E-state index contributed by atoms with van der Waals surface area (Å²) in [6.07, 6.45) is 3.78. The molecule has 1 amide bonds. The Balaban J connectivity index is 1.64. The Kier molecular flexibility index (Phi) is 7.42. The van der Waals surface area contributed by atoms with Crippen LogP contribution in [0.1, 0.15) is 45.1 Å². The molecule has 11 heteroatoms. The molecule has 0 spiro atoms. The third-order valence-electron chi connectivity index (χ3n) is 4.10. The first-order chi connectivity index (χ1) is 14.9. The van der Waals surface area contributed by atoms with Crippen molar-refractivity contribution in [2.45, 2.75) is 27.2 Å². The van der Waals surface area contributed by atoms with Gasteiger partial charge in [-0.25, -0.2) is 24.5 Å². The van der Waals surface area contributed by atoms with Crippen molar-refractivity contribution in [1.82, 2.24) is 15.0 Å². The monoisotopic (exact) mass is 460 g/mol. The average Bonchev–Trinajstić information content (AvgIpc) is 3.37. The number of aryl methyl sites for hydroxylation is 1. The average molecular weight is 461 g/mol. The number of nitrogens with one attached hydrogen (secondary N) is 1. The molecule has 0 aliphatic heterocycles. The Bertz CT molecular complexity index is 1090. The maximum atomic E-state index is 12.3. The van der Waals surface area contributed by atoms with Crippen LogP contribution in [0.25, 0.3) is 10.8 Å². The number of rotatable bonds is 8. The van der Waals surface area contributed by atoms with Gasteiger partial charge in [-0.2, -0.15) is 0 Å². The van der Waals surface area contributed by atoms with Crippen LogP contribution in [0.5, 0.6) is 0 Å². The molecule has 0 saturated carbocycles. The maximum Gasteiger partial charge on any atom is 0.358 e. The van der Waals surface area contributed by atoms with E-state index >= 15 is 0 Å². The van der Waals surface area contributed by atoms with E-state index in [1.54, 1.807) is 25.4 Å². The highest BCUT2D eigenvalue weighted by Gasteiger charge is 2.24. The first kappa shape index (κ1) is 22.5. The van der Waals surface area contributed by atoms with Gasteiger partial charge in [0.15, 0.2) is 23.1 Å². The third kappa shape index (κ3) is 5.30. The normalized spacial score (nSPS) is 10.5. The molecular formula is C20H20N4O5S2. The Morgan fingerprint density at radius 2 is 1.84 bits per heavy atom. The van der Waals surface area contributed by atoms with Gasteiger partial charge in [-0.3, -0.25) is 4.79 Å². The molecule has 0 unspecified atom stereocenters. The van der Waals surface area contributed by atoms with E-state index in [1.165, 1.54) is 28.1 Å². The van der Waals surface area contributed by atoms with Crippen LogP contribution in [0, 0.1) is 6.92 Å². The van der Waals surface area contributed by atoms with Crippen LogP contribution in [-0.2, 0) is 20.7 Å². The van der Waals surface area contributed by atoms with E-state index in [-0.39, 0.29) is 12.3 Å². The number of carbonyl (C=O) groups is 3. The molecule has 0 aromatic carbocycles. The Morgan fingerprint density at radius 3 is 2.52 bits per heavy atom. The summed E-state index contributed by atoms with van der Waals surface area (Å²) in [4.78, 5) is 50.2. The highest BCUT2D eigenvalue weighted by molar-refractivity contribution is 7.16. The van der Waals surface area contributed by atoms with Crippen LogP contribution >= 0.6 is 22.7 Å². The number of thiazole rings is 1. The van der Waals surface area contributed by atoms with Crippen molar-refractivity contribution < 1.29 is 23.9 Å². The molecule has 9 nitrogen and oxygen atoms in total. The second-order valence-electron chi connectivity index (χ2n) is 6.15. The number of nitrogens with zero attached hydrogens (tertiary/aromatic N) is 3. The lowest BCUT2D eigenvalue weighted by Gasteiger charge is -2.08. The highest BCUT2D eigenvalue weighted by Crippen LogP contribution is 2.34. The van der Waals surface area contributed by atoms with Gasteiger partial charge in [-0.05, 0) is 31.9 Å².